The molecule has 0 unspecified atom stereocenters. The molecule has 2 heterocycles. The maximum absolute atomic E-state index is 12.8. The first-order valence-electron chi connectivity index (χ1n) is 9.50. The van der Waals surface area contributed by atoms with Gasteiger partial charge < -0.3 is 10.2 Å². The van der Waals surface area contributed by atoms with E-state index in [1.807, 2.05) is 0 Å². The van der Waals surface area contributed by atoms with Crippen LogP contribution in [0.25, 0.3) is 0 Å². The highest BCUT2D eigenvalue weighted by Crippen LogP contribution is 2.33. The van der Waals surface area contributed by atoms with Gasteiger partial charge in [-0.2, -0.15) is 0 Å². The molecule has 2 amide bonds. The SMILES string of the molecule is CCNCC1CCN(C(=O)c2ccc3c(c2)S(=O)(=O)N(C(C)C)C3=O)CC1. The van der Waals surface area contributed by atoms with Crippen LogP contribution in [-0.2, 0) is 10.0 Å². The zero-order valence-corrected chi connectivity index (χ0v) is 16.9. The highest BCUT2D eigenvalue weighted by Gasteiger charge is 2.43. The smallest absolute Gasteiger partial charge is 0.269 e. The molecule has 1 saturated heterocycles. The van der Waals surface area contributed by atoms with Gasteiger partial charge >= 0.3 is 0 Å². The summed E-state index contributed by atoms with van der Waals surface area (Å²) in [5, 5.41) is 3.34. The zero-order valence-electron chi connectivity index (χ0n) is 16.1. The number of likely N-dealkylation sites (tertiary alicyclic amines) is 1. The van der Waals surface area contributed by atoms with Crippen LogP contribution in [-0.4, -0.2) is 61.7 Å². The molecule has 2 aliphatic rings. The molecule has 0 radical (unpaired) electrons. The fourth-order valence-corrected chi connectivity index (χ4v) is 5.56. The van der Waals surface area contributed by atoms with Crippen LogP contribution in [0.1, 0.15) is 54.3 Å². The maximum Gasteiger partial charge on any atom is 0.269 e. The van der Waals surface area contributed by atoms with Gasteiger partial charge in [-0.1, -0.05) is 6.92 Å². The van der Waals surface area contributed by atoms with Gasteiger partial charge in [-0.3, -0.25) is 9.59 Å². The predicted molar refractivity (Wildman–Crippen MR) is 102 cm³/mol. The molecule has 1 aromatic rings. The van der Waals surface area contributed by atoms with Crippen molar-refractivity contribution in [1.29, 1.82) is 0 Å². The number of hydrogen-bond acceptors (Lipinski definition) is 5. The van der Waals surface area contributed by atoms with Crippen molar-refractivity contribution in [1.82, 2.24) is 14.5 Å². The number of benzene rings is 1. The monoisotopic (exact) mass is 393 g/mol. The van der Waals surface area contributed by atoms with Crippen LogP contribution >= 0.6 is 0 Å². The molecule has 2 aliphatic heterocycles. The molecular formula is C19H27N3O4S. The number of carbonyl (C=O) groups excluding carboxylic acids is 2. The highest BCUT2D eigenvalue weighted by molar-refractivity contribution is 7.90. The van der Waals surface area contributed by atoms with Gasteiger partial charge in [0, 0.05) is 24.7 Å². The first kappa shape index (κ1) is 19.8. The third kappa shape index (κ3) is 3.60. The van der Waals surface area contributed by atoms with E-state index < -0.39 is 22.0 Å². The molecule has 8 heteroatoms. The Morgan fingerprint density at radius 2 is 1.93 bits per heavy atom. The van der Waals surface area contributed by atoms with Gasteiger partial charge in [-0.05, 0) is 63.9 Å². The number of piperidine rings is 1. The Kier molecular flexibility index (Phi) is 5.58. The second kappa shape index (κ2) is 7.59. The lowest BCUT2D eigenvalue weighted by atomic mass is 9.96. The van der Waals surface area contributed by atoms with Crippen LogP contribution in [0.15, 0.2) is 23.1 Å². The van der Waals surface area contributed by atoms with Crippen molar-refractivity contribution in [2.45, 2.75) is 44.6 Å². The number of rotatable bonds is 5. The van der Waals surface area contributed by atoms with Crippen LogP contribution in [0.4, 0.5) is 0 Å². The van der Waals surface area contributed by atoms with E-state index >= 15 is 0 Å². The number of sulfonamides is 1. The molecule has 0 aromatic heterocycles. The number of carbonyl (C=O) groups is 2. The third-order valence-corrected chi connectivity index (χ3v) is 7.25. The number of amides is 2. The van der Waals surface area contributed by atoms with E-state index in [1.165, 1.54) is 12.1 Å². The fraction of sp³-hybridized carbons (Fsp3) is 0.579. The van der Waals surface area contributed by atoms with Crippen LogP contribution in [0, 0.1) is 5.92 Å². The second-order valence-corrected chi connectivity index (χ2v) is 9.24. The van der Waals surface area contributed by atoms with E-state index in [4.69, 9.17) is 0 Å². The minimum Gasteiger partial charge on any atom is -0.339 e. The van der Waals surface area contributed by atoms with Gasteiger partial charge in [0.15, 0.2) is 0 Å². The summed E-state index contributed by atoms with van der Waals surface area (Å²) < 4.78 is 26.3. The van der Waals surface area contributed by atoms with Gasteiger partial charge in [0.05, 0.1) is 5.56 Å². The van der Waals surface area contributed by atoms with E-state index in [2.05, 4.69) is 12.2 Å². The Bertz CT molecular complexity index is 843. The van der Waals surface area contributed by atoms with Crippen molar-refractivity contribution >= 4 is 21.8 Å². The fourth-order valence-electron chi connectivity index (χ4n) is 3.76. The minimum atomic E-state index is -3.90. The standard InChI is InChI=1S/C19H27N3O4S/c1-4-20-12-14-7-9-21(10-8-14)18(23)15-5-6-16-17(11-15)27(25,26)22(13(2)3)19(16)24/h5-6,11,13-14,20H,4,7-10,12H2,1-3H3. The Labute approximate surface area is 160 Å². The summed E-state index contributed by atoms with van der Waals surface area (Å²) in [6, 6.07) is 3.91. The molecule has 0 spiro atoms. The second-order valence-electron chi connectivity index (χ2n) is 7.45. The first-order valence-corrected chi connectivity index (χ1v) is 10.9. The zero-order chi connectivity index (χ0) is 19.8. The normalized spacial score (nSPS) is 19.6. The van der Waals surface area contributed by atoms with Crippen LogP contribution in [0.2, 0.25) is 0 Å². The molecule has 148 valence electrons. The molecule has 1 aromatic carbocycles. The summed E-state index contributed by atoms with van der Waals surface area (Å²) in [4.78, 5) is 27.0. The van der Waals surface area contributed by atoms with E-state index in [0.29, 0.717) is 24.6 Å². The molecular weight excluding hydrogens is 366 g/mol. The van der Waals surface area contributed by atoms with Gasteiger partial charge in [0.2, 0.25) is 0 Å². The molecule has 1 N–H and O–H groups in total. The molecule has 0 atom stereocenters. The van der Waals surface area contributed by atoms with Crippen LogP contribution in [0.3, 0.4) is 0 Å². The Balaban J connectivity index is 1.78. The summed E-state index contributed by atoms with van der Waals surface area (Å²) in [5.41, 5.74) is 0.463. The van der Waals surface area contributed by atoms with Crippen LogP contribution < -0.4 is 5.32 Å². The topological polar surface area (TPSA) is 86.8 Å². The number of nitrogens with one attached hydrogen (secondary N) is 1. The number of nitrogens with zero attached hydrogens (tertiary/aromatic N) is 2. The van der Waals surface area contributed by atoms with Crippen molar-refractivity contribution in [2.75, 3.05) is 26.2 Å². The lowest BCUT2D eigenvalue weighted by Gasteiger charge is -2.32. The quantitative estimate of drug-likeness (QED) is 0.823. The lowest BCUT2D eigenvalue weighted by Crippen LogP contribution is -2.40. The molecule has 0 aliphatic carbocycles. The highest BCUT2D eigenvalue weighted by atomic mass is 32.2. The van der Waals surface area contributed by atoms with Gasteiger partial charge in [-0.15, -0.1) is 0 Å². The summed E-state index contributed by atoms with van der Waals surface area (Å²) in [5.74, 6) is -0.139. The van der Waals surface area contributed by atoms with Crippen molar-refractivity contribution in [3.05, 3.63) is 29.3 Å². The number of fused-ring (bicyclic) bond motifs is 1. The third-order valence-electron chi connectivity index (χ3n) is 5.25. The molecule has 27 heavy (non-hydrogen) atoms. The van der Waals surface area contributed by atoms with Gasteiger partial charge in [-0.25, -0.2) is 12.7 Å². The van der Waals surface area contributed by atoms with E-state index in [9.17, 15) is 18.0 Å². The van der Waals surface area contributed by atoms with E-state index in [0.717, 1.165) is 30.2 Å². The Morgan fingerprint density at radius 1 is 1.26 bits per heavy atom. The maximum atomic E-state index is 12.8. The van der Waals surface area contributed by atoms with E-state index in [-0.39, 0.29) is 16.4 Å². The molecule has 3 rings (SSSR count). The van der Waals surface area contributed by atoms with Crippen molar-refractivity contribution in [2.24, 2.45) is 5.92 Å². The summed E-state index contributed by atoms with van der Waals surface area (Å²) in [6.07, 6.45) is 1.86. The average molecular weight is 394 g/mol. The van der Waals surface area contributed by atoms with Crippen molar-refractivity contribution in [3.8, 4) is 0 Å². The lowest BCUT2D eigenvalue weighted by molar-refractivity contribution is 0.0689. The largest absolute Gasteiger partial charge is 0.339 e. The Hall–Kier alpha value is -1.93. The summed E-state index contributed by atoms with van der Waals surface area (Å²) >= 11 is 0. The van der Waals surface area contributed by atoms with E-state index in [1.54, 1.807) is 24.8 Å². The predicted octanol–water partition coefficient (Wildman–Crippen LogP) is 1.70. The van der Waals surface area contributed by atoms with Crippen molar-refractivity contribution in [3.63, 3.8) is 0 Å². The molecule has 1 fully saturated rings. The summed E-state index contributed by atoms with van der Waals surface area (Å²) in [6.45, 7) is 8.62. The van der Waals surface area contributed by atoms with Gasteiger partial charge in [0.25, 0.3) is 21.8 Å². The molecule has 0 bridgehead atoms. The van der Waals surface area contributed by atoms with Crippen molar-refractivity contribution < 1.29 is 18.0 Å². The van der Waals surface area contributed by atoms with Crippen LogP contribution in [0.5, 0.6) is 0 Å². The molecule has 0 saturated carbocycles. The summed E-state index contributed by atoms with van der Waals surface area (Å²) in [7, 11) is -3.90. The molecule has 7 nitrogen and oxygen atoms in total. The average Bonchev–Trinajstić information content (AvgIpc) is 2.85. The van der Waals surface area contributed by atoms with Gasteiger partial charge in [0.1, 0.15) is 4.90 Å². The first-order chi connectivity index (χ1) is 12.8. The Morgan fingerprint density at radius 3 is 2.52 bits per heavy atom. The minimum absolute atomic E-state index is 0.0610. The number of hydrogen-bond donors (Lipinski definition) is 1.